The zero-order chi connectivity index (χ0) is 15.1. The Morgan fingerprint density at radius 3 is 2.40 bits per heavy atom. The molecule has 0 aliphatic heterocycles. The van der Waals surface area contributed by atoms with Gasteiger partial charge in [0.15, 0.2) is 12.4 Å². The van der Waals surface area contributed by atoms with Crippen LogP contribution >= 0.6 is 0 Å². The topological polar surface area (TPSA) is 66.8 Å². The minimum absolute atomic E-state index is 0.197. The third-order valence-corrected chi connectivity index (χ3v) is 3.10. The number of nitrogens with zero attached hydrogens (tertiary/aromatic N) is 1. The van der Waals surface area contributed by atoms with Crippen LogP contribution in [-0.2, 0) is 20.9 Å². The van der Waals surface area contributed by atoms with Gasteiger partial charge in [-0.2, -0.15) is 0 Å². The van der Waals surface area contributed by atoms with Crippen molar-refractivity contribution in [1.82, 2.24) is 4.90 Å². The number of aliphatic hydroxyl groups excluding tert-OH is 1. The van der Waals surface area contributed by atoms with Crippen molar-refractivity contribution in [3.63, 3.8) is 0 Å². The maximum atomic E-state index is 11.9. The normalized spacial score (nSPS) is 13.8. The van der Waals surface area contributed by atoms with Gasteiger partial charge in [-0.05, 0) is 26.5 Å². The number of ketones is 1. The first-order valence-electron chi connectivity index (χ1n) is 6.53. The first-order valence-corrected chi connectivity index (χ1v) is 6.53. The number of rotatable bonds is 7. The lowest BCUT2D eigenvalue weighted by atomic mass is 10.1. The van der Waals surface area contributed by atoms with Crippen LogP contribution in [0.4, 0.5) is 0 Å². The Balaban J connectivity index is 2.45. The third-order valence-electron chi connectivity index (χ3n) is 3.10. The number of likely N-dealkylation sites (N-methyl/N-ethyl adjacent to an activating group) is 1. The van der Waals surface area contributed by atoms with Gasteiger partial charge in [-0.3, -0.25) is 9.69 Å². The molecule has 1 rings (SSSR count). The third kappa shape index (κ3) is 5.11. The fraction of sp³-hybridized carbons (Fsp3) is 0.467. The lowest BCUT2D eigenvalue weighted by molar-refractivity contribution is -0.156. The molecule has 2 atom stereocenters. The molecule has 0 aliphatic carbocycles. The van der Waals surface area contributed by atoms with E-state index in [1.54, 1.807) is 6.92 Å². The number of carbonyl (C=O) groups is 2. The predicted octanol–water partition coefficient (Wildman–Crippen LogP) is 1.000. The van der Waals surface area contributed by atoms with E-state index in [1.165, 1.54) is 6.92 Å². The van der Waals surface area contributed by atoms with Crippen LogP contribution in [0.3, 0.4) is 0 Å². The number of carbonyl (C=O) groups excluding carboxylic acids is 2. The second-order valence-electron chi connectivity index (χ2n) is 4.83. The quantitative estimate of drug-likeness (QED) is 0.754. The summed E-state index contributed by atoms with van der Waals surface area (Å²) in [6, 6.07) is 9.44. The molecule has 0 fully saturated rings. The van der Waals surface area contributed by atoms with E-state index in [-0.39, 0.29) is 18.4 Å². The van der Waals surface area contributed by atoms with Crippen molar-refractivity contribution in [3.8, 4) is 0 Å². The number of ether oxygens (including phenoxy) is 1. The molecule has 1 aromatic rings. The van der Waals surface area contributed by atoms with Crippen molar-refractivity contribution in [1.29, 1.82) is 0 Å². The molecule has 0 amide bonds. The summed E-state index contributed by atoms with van der Waals surface area (Å²) in [5.41, 5.74) is 1.11. The summed E-state index contributed by atoms with van der Waals surface area (Å²) in [7, 11) is 1.84. The van der Waals surface area contributed by atoms with Crippen molar-refractivity contribution in [2.45, 2.75) is 32.5 Å². The van der Waals surface area contributed by atoms with Crippen molar-refractivity contribution < 1.29 is 19.4 Å². The van der Waals surface area contributed by atoms with E-state index >= 15 is 0 Å². The van der Waals surface area contributed by atoms with Gasteiger partial charge in [0.25, 0.3) is 0 Å². The Kier molecular flexibility index (Phi) is 6.35. The van der Waals surface area contributed by atoms with Crippen molar-refractivity contribution >= 4 is 11.8 Å². The molecule has 0 aromatic heterocycles. The van der Waals surface area contributed by atoms with Crippen LogP contribution in [0.5, 0.6) is 0 Å². The van der Waals surface area contributed by atoms with Crippen LogP contribution in [-0.4, -0.2) is 47.6 Å². The molecule has 20 heavy (non-hydrogen) atoms. The Morgan fingerprint density at radius 2 is 1.85 bits per heavy atom. The average Bonchev–Trinajstić information content (AvgIpc) is 2.44. The molecule has 0 radical (unpaired) electrons. The van der Waals surface area contributed by atoms with Crippen molar-refractivity contribution in [2.24, 2.45) is 0 Å². The van der Waals surface area contributed by atoms with E-state index in [9.17, 15) is 9.59 Å². The number of hydrogen-bond acceptors (Lipinski definition) is 5. The molecule has 5 nitrogen and oxygen atoms in total. The van der Waals surface area contributed by atoms with Crippen LogP contribution in [0.2, 0.25) is 0 Å². The van der Waals surface area contributed by atoms with Crippen LogP contribution in [0.25, 0.3) is 0 Å². The van der Waals surface area contributed by atoms with Crippen LogP contribution < -0.4 is 0 Å². The molecule has 0 bridgehead atoms. The van der Waals surface area contributed by atoms with Crippen LogP contribution in [0.15, 0.2) is 30.3 Å². The molecule has 110 valence electrons. The number of esters is 1. The minimum Gasteiger partial charge on any atom is -0.456 e. The van der Waals surface area contributed by atoms with Crippen LogP contribution in [0.1, 0.15) is 19.4 Å². The minimum atomic E-state index is -1.21. The number of aliphatic hydroxyl groups is 1. The monoisotopic (exact) mass is 279 g/mol. The average molecular weight is 279 g/mol. The Bertz CT molecular complexity index is 444. The van der Waals surface area contributed by atoms with Gasteiger partial charge in [-0.25, -0.2) is 4.79 Å². The molecular weight excluding hydrogens is 258 g/mol. The standard InChI is InChI=1S/C15H21NO4/c1-11(14(18)10-20-15(19)12(2)17)16(3)9-13-7-5-4-6-8-13/h4-8,11-12,17H,9-10H2,1-3H3/t11-,12?/m1/s1. The highest BCUT2D eigenvalue weighted by atomic mass is 16.5. The zero-order valence-corrected chi connectivity index (χ0v) is 12.1. The number of Topliss-reactive ketones (excluding diaryl/α,β-unsaturated/α-hetero) is 1. The summed E-state index contributed by atoms with van der Waals surface area (Å²) < 4.78 is 4.72. The molecule has 5 heteroatoms. The zero-order valence-electron chi connectivity index (χ0n) is 12.1. The first-order chi connectivity index (χ1) is 9.41. The van der Waals surface area contributed by atoms with Gasteiger partial charge in [0.1, 0.15) is 6.10 Å². The number of benzene rings is 1. The molecule has 0 aliphatic rings. The summed E-state index contributed by atoms with van der Waals surface area (Å²) in [5.74, 6) is -0.978. The maximum absolute atomic E-state index is 11.9. The molecule has 0 saturated heterocycles. The first kappa shape index (κ1) is 16.3. The summed E-state index contributed by atoms with van der Waals surface area (Å²) in [6.07, 6.45) is -1.21. The SMILES string of the molecule is CC(O)C(=O)OCC(=O)[C@@H](C)N(C)Cc1ccccc1. The molecule has 0 spiro atoms. The Morgan fingerprint density at radius 1 is 1.25 bits per heavy atom. The summed E-state index contributed by atoms with van der Waals surface area (Å²) in [5, 5.41) is 8.98. The highest BCUT2D eigenvalue weighted by molar-refractivity contribution is 5.87. The van der Waals surface area contributed by atoms with Gasteiger partial charge in [0, 0.05) is 6.54 Å². The van der Waals surface area contributed by atoms with Gasteiger partial charge in [-0.1, -0.05) is 30.3 Å². The summed E-state index contributed by atoms with van der Waals surface area (Å²) in [4.78, 5) is 24.9. The van der Waals surface area contributed by atoms with E-state index in [1.807, 2.05) is 42.3 Å². The van der Waals surface area contributed by atoms with E-state index in [2.05, 4.69) is 0 Å². The summed E-state index contributed by atoms with van der Waals surface area (Å²) >= 11 is 0. The number of hydrogen-bond donors (Lipinski definition) is 1. The highest BCUT2D eigenvalue weighted by Gasteiger charge is 2.20. The van der Waals surface area contributed by atoms with E-state index < -0.39 is 12.1 Å². The Hall–Kier alpha value is -1.72. The largest absolute Gasteiger partial charge is 0.456 e. The molecular formula is C15H21NO4. The van der Waals surface area contributed by atoms with Crippen LogP contribution in [0, 0.1) is 0 Å². The predicted molar refractivity (Wildman–Crippen MR) is 75.0 cm³/mol. The molecule has 1 unspecified atom stereocenters. The Labute approximate surface area is 119 Å². The van der Waals surface area contributed by atoms with Gasteiger partial charge in [-0.15, -0.1) is 0 Å². The van der Waals surface area contributed by atoms with Gasteiger partial charge < -0.3 is 9.84 Å². The van der Waals surface area contributed by atoms with Gasteiger partial charge in [0.05, 0.1) is 6.04 Å². The summed E-state index contributed by atoms with van der Waals surface area (Å²) in [6.45, 7) is 3.39. The second-order valence-corrected chi connectivity index (χ2v) is 4.83. The molecule has 0 heterocycles. The van der Waals surface area contributed by atoms with E-state index in [4.69, 9.17) is 9.84 Å². The van der Waals surface area contributed by atoms with E-state index in [0.29, 0.717) is 6.54 Å². The molecule has 1 aromatic carbocycles. The lowest BCUT2D eigenvalue weighted by Crippen LogP contribution is -2.38. The van der Waals surface area contributed by atoms with Gasteiger partial charge >= 0.3 is 5.97 Å². The molecule has 1 N–H and O–H groups in total. The lowest BCUT2D eigenvalue weighted by Gasteiger charge is -2.23. The highest BCUT2D eigenvalue weighted by Crippen LogP contribution is 2.07. The maximum Gasteiger partial charge on any atom is 0.335 e. The fourth-order valence-electron chi connectivity index (χ4n) is 1.64. The second kappa shape index (κ2) is 7.77. The fourth-order valence-corrected chi connectivity index (χ4v) is 1.64. The van der Waals surface area contributed by atoms with Crippen molar-refractivity contribution in [3.05, 3.63) is 35.9 Å². The smallest absolute Gasteiger partial charge is 0.335 e. The molecule has 0 saturated carbocycles. The van der Waals surface area contributed by atoms with Crippen molar-refractivity contribution in [2.75, 3.05) is 13.7 Å². The van der Waals surface area contributed by atoms with Gasteiger partial charge in [0.2, 0.25) is 0 Å². The van der Waals surface area contributed by atoms with E-state index in [0.717, 1.165) is 5.56 Å².